The molecule has 0 bridgehead atoms. The number of isocyanates is 1. The molecule has 1 aromatic carbocycles. The predicted octanol–water partition coefficient (Wildman–Crippen LogP) is 1.60. The predicted molar refractivity (Wildman–Crippen MR) is 51.6 cm³/mol. The Hall–Kier alpha value is -1.44. The Morgan fingerprint density at radius 2 is 2.43 bits per heavy atom. The molecular weight excluding hydrogens is 178 g/mol. The maximum atomic E-state index is 10.0. The van der Waals surface area contributed by atoms with Gasteiger partial charge in [0.05, 0.1) is 19.8 Å². The van der Waals surface area contributed by atoms with Crippen molar-refractivity contribution in [3.05, 3.63) is 34.9 Å². The van der Waals surface area contributed by atoms with Crippen LogP contribution in [0, 0.1) is 0 Å². The first kappa shape index (κ1) is 9.13. The summed E-state index contributed by atoms with van der Waals surface area (Å²) in [4.78, 5) is 13.6. The first-order chi connectivity index (χ1) is 6.92. The first-order valence-corrected chi connectivity index (χ1v) is 4.63. The van der Waals surface area contributed by atoms with Crippen LogP contribution < -0.4 is 0 Å². The Morgan fingerprint density at radius 1 is 1.50 bits per heavy atom. The van der Waals surface area contributed by atoms with Crippen molar-refractivity contribution in [3.63, 3.8) is 0 Å². The van der Waals surface area contributed by atoms with Crippen LogP contribution in [-0.4, -0.2) is 12.7 Å². The molecule has 0 saturated carbocycles. The molecule has 0 aromatic heterocycles. The molecule has 1 aliphatic rings. The molecule has 3 heteroatoms. The van der Waals surface area contributed by atoms with E-state index in [0.29, 0.717) is 13.2 Å². The minimum absolute atomic E-state index is 0.437. The van der Waals surface area contributed by atoms with E-state index in [1.807, 2.05) is 12.1 Å². The molecule has 72 valence electrons. The first-order valence-electron chi connectivity index (χ1n) is 4.63. The summed E-state index contributed by atoms with van der Waals surface area (Å²) in [7, 11) is 0. The van der Waals surface area contributed by atoms with Crippen LogP contribution in [0.3, 0.4) is 0 Å². The number of hydrogen-bond donors (Lipinski definition) is 0. The van der Waals surface area contributed by atoms with Gasteiger partial charge in [-0.2, -0.15) is 0 Å². The van der Waals surface area contributed by atoms with Crippen LogP contribution in [0.1, 0.15) is 16.7 Å². The van der Waals surface area contributed by atoms with Crippen molar-refractivity contribution in [2.45, 2.75) is 19.6 Å². The molecular formula is C11H11NO2. The smallest absolute Gasteiger partial charge is 0.235 e. The highest BCUT2D eigenvalue weighted by atomic mass is 16.5. The molecule has 3 nitrogen and oxygen atoms in total. The van der Waals surface area contributed by atoms with Gasteiger partial charge in [-0.1, -0.05) is 18.2 Å². The molecule has 1 heterocycles. The summed E-state index contributed by atoms with van der Waals surface area (Å²) in [6.45, 7) is 1.87. The Bertz CT molecular complexity index is 381. The molecule has 0 saturated heterocycles. The zero-order chi connectivity index (χ0) is 9.80. The van der Waals surface area contributed by atoms with Gasteiger partial charge in [0.25, 0.3) is 0 Å². The van der Waals surface area contributed by atoms with Crippen molar-refractivity contribution >= 4 is 6.08 Å². The molecule has 0 atom stereocenters. The molecule has 0 unspecified atom stereocenters. The van der Waals surface area contributed by atoms with E-state index in [9.17, 15) is 4.79 Å². The molecule has 0 amide bonds. The van der Waals surface area contributed by atoms with Crippen molar-refractivity contribution in [1.82, 2.24) is 0 Å². The monoisotopic (exact) mass is 189 g/mol. The molecule has 2 rings (SSSR count). The van der Waals surface area contributed by atoms with Crippen LogP contribution in [0.5, 0.6) is 0 Å². The van der Waals surface area contributed by atoms with Gasteiger partial charge in [-0.25, -0.2) is 9.79 Å². The van der Waals surface area contributed by atoms with Crippen LogP contribution in [0.2, 0.25) is 0 Å². The number of nitrogens with zero attached hydrogens (tertiary/aromatic N) is 1. The van der Waals surface area contributed by atoms with Crippen LogP contribution in [0.25, 0.3) is 0 Å². The van der Waals surface area contributed by atoms with Gasteiger partial charge in [-0.05, 0) is 23.1 Å². The van der Waals surface area contributed by atoms with Gasteiger partial charge in [0.2, 0.25) is 6.08 Å². The van der Waals surface area contributed by atoms with Gasteiger partial charge >= 0.3 is 0 Å². The quantitative estimate of drug-likeness (QED) is 0.523. The zero-order valence-electron chi connectivity index (χ0n) is 7.82. The SMILES string of the molecule is O=C=NCc1cccc2c1CCOC2. The highest BCUT2D eigenvalue weighted by Crippen LogP contribution is 2.21. The maximum Gasteiger partial charge on any atom is 0.235 e. The largest absolute Gasteiger partial charge is 0.376 e. The number of ether oxygens (including phenoxy) is 1. The minimum atomic E-state index is 0.437. The molecule has 1 aliphatic heterocycles. The molecule has 14 heavy (non-hydrogen) atoms. The average molecular weight is 189 g/mol. The lowest BCUT2D eigenvalue weighted by Gasteiger charge is -2.18. The molecule has 1 aromatic rings. The summed E-state index contributed by atoms with van der Waals surface area (Å²) in [5.41, 5.74) is 3.63. The number of aliphatic imine (C=N–C) groups is 1. The van der Waals surface area contributed by atoms with E-state index in [4.69, 9.17) is 4.74 Å². The number of carbonyl (C=O) groups excluding carboxylic acids is 1. The minimum Gasteiger partial charge on any atom is -0.376 e. The zero-order valence-corrected chi connectivity index (χ0v) is 7.82. The Morgan fingerprint density at radius 3 is 3.29 bits per heavy atom. The second-order valence-corrected chi connectivity index (χ2v) is 3.26. The summed E-state index contributed by atoms with van der Waals surface area (Å²) in [5.74, 6) is 0. The van der Waals surface area contributed by atoms with E-state index in [-0.39, 0.29) is 0 Å². The lowest BCUT2D eigenvalue weighted by atomic mass is 9.97. The number of fused-ring (bicyclic) bond motifs is 1. The van der Waals surface area contributed by atoms with E-state index < -0.39 is 0 Å². The van der Waals surface area contributed by atoms with Gasteiger partial charge in [-0.3, -0.25) is 0 Å². The Kier molecular flexibility index (Phi) is 2.73. The topological polar surface area (TPSA) is 38.7 Å². The number of hydrogen-bond acceptors (Lipinski definition) is 3. The summed E-state index contributed by atoms with van der Waals surface area (Å²) < 4.78 is 5.35. The van der Waals surface area contributed by atoms with E-state index in [1.165, 1.54) is 11.1 Å². The van der Waals surface area contributed by atoms with E-state index in [2.05, 4.69) is 11.1 Å². The molecule has 0 spiro atoms. The van der Waals surface area contributed by atoms with Crippen molar-refractivity contribution in [3.8, 4) is 0 Å². The summed E-state index contributed by atoms with van der Waals surface area (Å²) in [6.07, 6.45) is 2.48. The maximum absolute atomic E-state index is 10.0. The molecule has 0 N–H and O–H groups in total. The number of benzene rings is 1. The number of rotatable bonds is 2. The Labute approximate surface area is 82.4 Å². The second-order valence-electron chi connectivity index (χ2n) is 3.26. The highest BCUT2D eigenvalue weighted by Gasteiger charge is 2.12. The van der Waals surface area contributed by atoms with Gasteiger partial charge in [-0.15, -0.1) is 0 Å². The summed E-state index contributed by atoms with van der Waals surface area (Å²) >= 11 is 0. The standard InChI is InChI=1S/C11H11NO2/c13-8-12-6-9-2-1-3-10-7-14-5-4-11(9)10/h1-3H,4-7H2. The molecule has 0 radical (unpaired) electrons. The van der Waals surface area contributed by atoms with Crippen molar-refractivity contribution < 1.29 is 9.53 Å². The van der Waals surface area contributed by atoms with E-state index >= 15 is 0 Å². The van der Waals surface area contributed by atoms with Crippen LogP contribution in [0.15, 0.2) is 23.2 Å². The van der Waals surface area contributed by atoms with Gasteiger partial charge < -0.3 is 4.74 Å². The second kappa shape index (κ2) is 4.18. The van der Waals surface area contributed by atoms with Crippen molar-refractivity contribution in [2.75, 3.05) is 6.61 Å². The van der Waals surface area contributed by atoms with Crippen molar-refractivity contribution in [1.29, 1.82) is 0 Å². The average Bonchev–Trinajstić information content (AvgIpc) is 2.26. The third-order valence-corrected chi connectivity index (χ3v) is 2.44. The lowest BCUT2D eigenvalue weighted by molar-refractivity contribution is 0.110. The molecule has 0 aliphatic carbocycles. The summed E-state index contributed by atoms with van der Waals surface area (Å²) in [5, 5.41) is 0. The van der Waals surface area contributed by atoms with Crippen molar-refractivity contribution in [2.24, 2.45) is 4.99 Å². The third-order valence-electron chi connectivity index (χ3n) is 2.44. The van der Waals surface area contributed by atoms with Crippen LogP contribution in [-0.2, 0) is 29.1 Å². The van der Waals surface area contributed by atoms with Crippen LogP contribution >= 0.6 is 0 Å². The van der Waals surface area contributed by atoms with Crippen LogP contribution in [0.4, 0.5) is 0 Å². The fraction of sp³-hybridized carbons (Fsp3) is 0.364. The van der Waals surface area contributed by atoms with Gasteiger partial charge in [0.15, 0.2) is 0 Å². The van der Waals surface area contributed by atoms with Gasteiger partial charge in [0.1, 0.15) is 0 Å². The lowest BCUT2D eigenvalue weighted by Crippen LogP contribution is -2.11. The fourth-order valence-corrected chi connectivity index (χ4v) is 1.77. The Balaban J connectivity index is 2.34. The highest BCUT2D eigenvalue weighted by molar-refractivity contribution is 5.38. The van der Waals surface area contributed by atoms with Gasteiger partial charge in [0, 0.05) is 0 Å². The summed E-state index contributed by atoms with van der Waals surface area (Å²) in [6, 6.07) is 6.04. The molecule has 0 fully saturated rings. The third kappa shape index (κ3) is 1.74. The van der Waals surface area contributed by atoms with E-state index in [0.717, 1.165) is 18.6 Å². The fourth-order valence-electron chi connectivity index (χ4n) is 1.77. The normalized spacial score (nSPS) is 14.3. The van der Waals surface area contributed by atoms with E-state index in [1.54, 1.807) is 6.08 Å².